The lowest BCUT2D eigenvalue weighted by Gasteiger charge is -2.19. The molecule has 1 aromatic rings. The van der Waals surface area contributed by atoms with Crippen LogP contribution in [-0.2, 0) is 14.3 Å². The Morgan fingerprint density at radius 1 is 1.38 bits per heavy atom. The van der Waals surface area contributed by atoms with Crippen LogP contribution in [0.5, 0.6) is 0 Å². The van der Waals surface area contributed by atoms with Crippen molar-refractivity contribution in [2.45, 2.75) is 26.0 Å². The molecule has 0 radical (unpaired) electrons. The average Bonchev–Trinajstić information content (AvgIpc) is 2.39. The van der Waals surface area contributed by atoms with E-state index in [1.165, 1.54) is 14.0 Å². The highest BCUT2D eigenvalue weighted by atomic mass is 35.5. The van der Waals surface area contributed by atoms with Gasteiger partial charge in [-0.3, -0.25) is 9.59 Å². The maximum Gasteiger partial charge on any atom is 0.250 e. The van der Waals surface area contributed by atoms with Crippen LogP contribution >= 0.6 is 12.4 Å². The van der Waals surface area contributed by atoms with Crippen molar-refractivity contribution in [1.29, 1.82) is 0 Å². The van der Waals surface area contributed by atoms with Crippen molar-refractivity contribution in [3.63, 3.8) is 0 Å². The monoisotopic (exact) mass is 315 g/mol. The predicted octanol–water partition coefficient (Wildman–Crippen LogP) is 1.22. The molecule has 0 fully saturated rings. The highest BCUT2D eigenvalue weighted by molar-refractivity contribution is 5.88. The van der Waals surface area contributed by atoms with Crippen molar-refractivity contribution >= 4 is 29.9 Å². The Morgan fingerprint density at radius 3 is 2.57 bits per heavy atom. The van der Waals surface area contributed by atoms with E-state index in [0.29, 0.717) is 5.69 Å². The van der Waals surface area contributed by atoms with Crippen molar-refractivity contribution in [2.24, 2.45) is 5.73 Å². The number of methoxy groups -OCH3 is 1. The molecule has 2 atom stereocenters. The van der Waals surface area contributed by atoms with Crippen molar-refractivity contribution in [3.05, 3.63) is 29.8 Å². The number of ether oxygens (including phenoxy) is 1. The van der Waals surface area contributed by atoms with Crippen LogP contribution in [0.2, 0.25) is 0 Å². The van der Waals surface area contributed by atoms with Crippen LogP contribution in [0.1, 0.15) is 25.5 Å². The molecule has 2 amide bonds. The Balaban J connectivity index is 0.00000400. The highest BCUT2D eigenvalue weighted by Gasteiger charge is 2.18. The lowest BCUT2D eigenvalue weighted by Crippen LogP contribution is -2.41. The summed E-state index contributed by atoms with van der Waals surface area (Å²) in [6.07, 6.45) is -0.657. The molecule has 0 aromatic heterocycles. The maximum absolute atomic E-state index is 11.9. The number of carbonyl (C=O) groups excluding carboxylic acids is 2. The molecular formula is C14H22ClN3O3. The van der Waals surface area contributed by atoms with Gasteiger partial charge in [0.2, 0.25) is 5.91 Å². The van der Waals surface area contributed by atoms with Crippen molar-refractivity contribution in [3.8, 4) is 0 Å². The Hall–Kier alpha value is -1.63. The number of anilines is 1. The van der Waals surface area contributed by atoms with Crippen LogP contribution in [0.25, 0.3) is 0 Å². The van der Waals surface area contributed by atoms with Crippen LogP contribution in [0.3, 0.4) is 0 Å². The summed E-state index contributed by atoms with van der Waals surface area (Å²) in [7, 11) is 1.44. The van der Waals surface area contributed by atoms with Gasteiger partial charge in [0.15, 0.2) is 0 Å². The van der Waals surface area contributed by atoms with Gasteiger partial charge in [0.1, 0.15) is 6.10 Å². The quantitative estimate of drug-likeness (QED) is 0.735. The lowest BCUT2D eigenvalue weighted by atomic mass is 10.1. The van der Waals surface area contributed by atoms with Crippen LogP contribution in [-0.4, -0.2) is 31.6 Å². The zero-order valence-corrected chi connectivity index (χ0v) is 13.2. The van der Waals surface area contributed by atoms with Gasteiger partial charge in [0.05, 0.1) is 6.04 Å². The third-order valence-electron chi connectivity index (χ3n) is 2.86. The number of hydrogen-bond acceptors (Lipinski definition) is 4. The molecule has 6 nitrogen and oxygen atoms in total. The number of nitrogens with two attached hydrogens (primary N) is 1. The number of benzene rings is 1. The number of amides is 2. The van der Waals surface area contributed by atoms with Gasteiger partial charge in [-0.05, 0) is 24.6 Å². The molecule has 0 aliphatic carbocycles. The maximum atomic E-state index is 11.9. The topological polar surface area (TPSA) is 93.4 Å². The third kappa shape index (κ3) is 6.12. The molecule has 0 saturated heterocycles. The molecule has 21 heavy (non-hydrogen) atoms. The largest absolute Gasteiger partial charge is 0.370 e. The summed E-state index contributed by atoms with van der Waals surface area (Å²) in [6.45, 7) is 3.43. The average molecular weight is 316 g/mol. The number of rotatable bonds is 6. The SMILES string of the molecule is COC(CN)C(=O)NC(C)c1cccc(NC(C)=O)c1.Cl. The van der Waals surface area contributed by atoms with E-state index in [0.717, 1.165) is 5.56 Å². The fourth-order valence-electron chi connectivity index (χ4n) is 1.79. The van der Waals surface area contributed by atoms with Gasteiger partial charge in [-0.1, -0.05) is 12.1 Å². The smallest absolute Gasteiger partial charge is 0.250 e. The first-order valence-corrected chi connectivity index (χ1v) is 6.38. The summed E-state index contributed by atoms with van der Waals surface area (Å²) in [5.41, 5.74) is 7.02. The van der Waals surface area contributed by atoms with E-state index in [1.807, 2.05) is 25.1 Å². The Morgan fingerprint density at radius 2 is 2.05 bits per heavy atom. The van der Waals surface area contributed by atoms with Crippen molar-refractivity contribution < 1.29 is 14.3 Å². The van der Waals surface area contributed by atoms with E-state index in [-0.39, 0.29) is 36.8 Å². The first-order chi connectivity index (χ1) is 9.47. The van der Waals surface area contributed by atoms with Gasteiger partial charge in [0, 0.05) is 26.3 Å². The Kier molecular flexibility index (Phi) is 8.61. The molecule has 2 unspecified atom stereocenters. The Bertz CT molecular complexity index is 478. The van der Waals surface area contributed by atoms with E-state index in [9.17, 15) is 9.59 Å². The number of halogens is 1. The standard InChI is InChI=1S/C14H21N3O3.ClH/c1-9(16-14(19)13(8-15)20-3)11-5-4-6-12(7-11)17-10(2)18;/h4-7,9,13H,8,15H2,1-3H3,(H,16,19)(H,17,18);1H. The van der Waals surface area contributed by atoms with Crippen LogP contribution in [0, 0.1) is 0 Å². The summed E-state index contributed by atoms with van der Waals surface area (Å²) in [4.78, 5) is 22.9. The summed E-state index contributed by atoms with van der Waals surface area (Å²) in [5, 5.41) is 5.52. The second-order valence-corrected chi connectivity index (χ2v) is 4.50. The minimum absolute atomic E-state index is 0. The Labute approximate surface area is 130 Å². The summed E-state index contributed by atoms with van der Waals surface area (Å²) in [6, 6.07) is 7.09. The minimum atomic E-state index is -0.657. The summed E-state index contributed by atoms with van der Waals surface area (Å²) >= 11 is 0. The molecule has 4 N–H and O–H groups in total. The second-order valence-electron chi connectivity index (χ2n) is 4.50. The van der Waals surface area contributed by atoms with Gasteiger partial charge in [-0.25, -0.2) is 0 Å². The predicted molar refractivity (Wildman–Crippen MR) is 84.4 cm³/mol. The minimum Gasteiger partial charge on any atom is -0.370 e. The number of nitrogens with one attached hydrogen (secondary N) is 2. The van der Waals surface area contributed by atoms with Crippen LogP contribution in [0.4, 0.5) is 5.69 Å². The van der Waals surface area contributed by atoms with Gasteiger partial charge in [-0.15, -0.1) is 12.4 Å². The second kappa shape index (κ2) is 9.33. The molecule has 118 valence electrons. The fraction of sp³-hybridized carbons (Fsp3) is 0.429. The summed E-state index contributed by atoms with van der Waals surface area (Å²) in [5.74, 6) is -0.395. The van der Waals surface area contributed by atoms with E-state index in [2.05, 4.69) is 10.6 Å². The van der Waals surface area contributed by atoms with Gasteiger partial charge >= 0.3 is 0 Å². The van der Waals surface area contributed by atoms with E-state index < -0.39 is 6.10 Å². The molecule has 1 aromatic carbocycles. The molecule has 0 aliphatic heterocycles. The van der Waals surface area contributed by atoms with Gasteiger partial charge in [-0.2, -0.15) is 0 Å². The first kappa shape index (κ1) is 19.4. The molecular weight excluding hydrogens is 294 g/mol. The van der Waals surface area contributed by atoms with Crippen LogP contribution in [0.15, 0.2) is 24.3 Å². The normalized spacial score (nSPS) is 12.8. The van der Waals surface area contributed by atoms with Crippen molar-refractivity contribution in [2.75, 3.05) is 19.0 Å². The highest BCUT2D eigenvalue weighted by Crippen LogP contribution is 2.17. The van der Waals surface area contributed by atoms with Crippen molar-refractivity contribution in [1.82, 2.24) is 5.32 Å². The number of carbonyl (C=O) groups is 2. The summed E-state index contributed by atoms with van der Waals surface area (Å²) < 4.78 is 4.98. The third-order valence-corrected chi connectivity index (χ3v) is 2.86. The molecule has 0 spiro atoms. The zero-order valence-electron chi connectivity index (χ0n) is 12.4. The first-order valence-electron chi connectivity index (χ1n) is 6.38. The van der Waals surface area contributed by atoms with Gasteiger partial charge < -0.3 is 21.1 Å². The molecule has 0 bridgehead atoms. The fourth-order valence-corrected chi connectivity index (χ4v) is 1.79. The zero-order chi connectivity index (χ0) is 15.1. The van der Waals surface area contributed by atoms with Crippen LogP contribution < -0.4 is 16.4 Å². The van der Waals surface area contributed by atoms with Gasteiger partial charge in [0.25, 0.3) is 5.91 Å². The van der Waals surface area contributed by atoms with E-state index in [4.69, 9.17) is 10.5 Å². The lowest BCUT2D eigenvalue weighted by molar-refractivity contribution is -0.131. The molecule has 0 heterocycles. The molecule has 7 heteroatoms. The molecule has 0 aliphatic rings. The molecule has 0 saturated carbocycles. The van der Waals surface area contributed by atoms with E-state index in [1.54, 1.807) is 6.07 Å². The number of hydrogen-bond donors (Lipinski definition) is 3. The van der Waals surface area contributed by atoms with E-state index >= 15 is 0 Å². The molecule has 1 rings (SSSR count).